The molecule has 0 spiro atoms. The first kappa shape index (κ1) is 8.94. The quantitative estimate of drug-likeness (QED) is 0.659. The SMILES string of the molecule is CC1=NN(C)C(=O)[C@H]1c1ccccc1. The number of amides is 1. The Balaban J connectivity index is 2.37. The molecule has 1 heterocycles. The first-order valence-corrected chi connectivity index (χ1v) is 4.58. The average Bonchev–Trinajstić information content (AvgIpc) is 2.43. The van der Waals surface area contributed by atoms with Crippen LogP contribution in [0.1, 0.15) is 18.4 Å². The number of carbonyl (C=O) groups is 1. The van der Waals surface area contributed by atoms with E-state index in [0.29, 0.717) is 0 Å². The van der Waals surface area contributed by atoms with Crippen molar-refractivity contribution >= 4 is 11.6 Å². The minimum absolute atomic E-state index is 0.0497. The van der Waals surface area contributed by atoms with Crippen LogP contribution in [0.15, 0.2) is 35.4 Å². The van der Waals surface area contributed by atoms with E-state index in [1.807, 2.05) is 37.3 Å². The second kappa shape index (κ2) is 3.25. The molecule has 0 fully saturated rings. The molecule has 3 heteroatoms. The molecule has 1 aromatic rings. The summed E-state index contributed by atoms with van der Waals surface area (Å²) in [7, 11) is 1.69. The normalized spacial score (nSPS) is 21.3. The fraction of sp³-hybridized carbons (Fsp3) is 0.273. The van der Waals surface area contributed by atoms with Gasteiger partial charge < -0.3 is 0 Å². The molecule has 0 unspecified atom stereocenters. The Labute approximate surface area is 83.0 Å². The molecule has 1 aliphatic heterocycles. The smallest absolute Gasteiger partial charge is 0.255 e. The van der Waals surface area contributed by atoms with Gasteiger partial charge in [-0.05, 0) is 12.5 Å². The Hall–Kier alpha value is -1.64. The lowest BCUT2D eigenvalue weighted by Crippen LogP contribution is -2.22. The van der Waals surface area contributed by atoms with Gasteiger partial charge in [-0.25, -0.2) is 5.01 Å². The maximum absolute atomic E-state index is 11.7. The van der Waals surface area contributed by atoms with Crippen LogP contribution in [0.25, 0.3) is 0 Å². The summed E-state index contributed by atoms with van der Waals surface area (Å²) in [6.07, 6.45) is 0. The predicted octanol–water partition coefficient (Wildman–Crippen LogP) is 1.62. The van der Waals surface area contributed by atoms with Crippen molar-refractivity contribution in [3.8, 4) is 0 Å². The number of rotatable bonds is 1. The molecule has 1 aromatic carbocycles. The van der Waals surface area contributed by atoms with Gasteiger partial charge in [0.05, 0.1) is 5.71 Å². The van der Waals surface area contributed by atoms with Gasteiger partial charge in [0.1, 0.15) is 5.92 Å². The Morgan fingerprint density at radius 1 is 1.29 bits per heavy atom. The zero-order valence-corrected chi connectivity index (χ0v) is 8.27. The van der Waals surface area contributed by atoms with E-state index in [9.17, 15) is 4.79 Å². The third-order valence-electron chi connectivity index (χ3n) is 2.42. The first-order valence-electron chi connectivity index (χ1n) is 4.58. The molecule has 0 N–H and O–H groups in total. The number of carbonyl (C=O) groups excluding carboxylic acids is 1. The third kappa shape index (κ3) is 1.31. The van der Waals surface area contributed by atoms with Crippen LogP contribution in [0.2, 0.25) is 0 Å². The van der Waals surface area contributed by atoms with Crippen molar-refractivity contribution in [2.45, 2.75) is 12.8 Å². The highest BCUT2D eigenvalue weighted by Crippen LogP contribution is 2.24. The summed E-state index contributed by atoms with van der Waals surface area (Å²) < 4.78 is 0. The van der Waals surface area contributed by atoms with E-state index >= 15 is 0 Å². The molecular weight excluding hydrogens is 176 g/mol. The maximum atomic E-state index is 11.7. The van der Waals surface area contributed by atoms with Gasteiger partial charge in [0, 0.05) is 7.05 Å². The van der Waals surface area contributed by atoms with Crippen LogP contribution >= 0.6 is 0 Å². The molecule has 3 nitrogen and oxygen atoms in total. The summed E-state index contributed by atoms with van der Waals surface area (Å²) in [4.78, 5) is 11.7. The molecule has 1 amide bonds. The van der Waals surface area contributed by atoms with E-state index in [0.717, 1.165) is 11.3 Å². The lowest BCUT2D eigenvalue weighted by molar-refractivity contribution is -0.128. The van der Waals surface area contributed by atoms with E-state index < -0.39 is 0 Å². The van der Waals surface area contributed by atoms with Crippen molar-refractivity contribution in [2.24, 2.45) is 5.10 Å². The Kier molecular flexibility index (Phi) is 2.08. The van der Waals surface area contributed by atoms with E-state index in [4.69, 9.17) is 0 Å². The number of hydrazone groups is 1. The predicted molar refractivity (Wildman–Crippen MR) is 55.1 cm³/mol. The molecule has 1 aliphatic rings. The largest absolute Gasteiger partial charge is 0.272 e. The monoisotopic (exact) mass is 188 g/mol. The summed E-state index contributed by atoms with van der Waals surface area (Å²) >= 11 is 0. The van der Waals surface area contributed by atoms with Gasteiger partial charge >= 0.3 is 0 Å². The standard InChI is InChI=1S/C11H12N2O/c1-8-10(11(14)13(2)12-8)9-6-4-3-5-7-9/h3-7,10H,1-2H3/t10-/m1/s1. The molecule has 0 bridgehead atoms. The molecule has 0 aromatic heterocycles. The van der Waals surface area contributed by atoms with Gasteiger partial charge in [-0.3, -0.25) is 4.79 Å². The summed E-state index contributed by atoms with van der Waals surface area (Å²) in [5, 5.41) is 5.54. The highest BCUT2D eigenvalue weighted by molar-refractivity contribution is 6.11. The fourth-order valence-corrected chi connectivity index (χ4v) is 1.74. The molecule has 0 saturated carbocycles. The molecule has 14 heavy (non-hydrogen) atoms. The van der Waals surface area contributed by atoms with Gasteiger partial charge in [-0.1, -0.05) is 30.3 Å². The minimum Gasteiger partial charge on any atom is -0.272 e. The van der Waals surface area contributed by atoms with Crippen LogP contribution in [0.5, 0.6) is 0 Å². The highest BCUT2D eigenvalue weighted by Gasteiger charge is 2.32. The maximum Gasteiger partial charge on any atom is 0.255 e. The van der Waals surface area contributed by atoms with Gasteiger partial charge in [0.2, 0.25) is 0 Å². The number of hydrogen-bond donors (Lipinski definition) is 0. The third-order valence-corrected chi connectivity index (χ3v) is 2.42. The summed E-state index contributed by atoms with van der Waals surface area (Å²) in [6, 6.07) is 9.74. The molecule has 72 valence electrons. The van der Waals surface area contributed by atoms with Crippen molar-refractivity contribution in [1.82, 2.24) is 5.01 Å². The van der Waals surface area contributed by atoms with Crippen molar-refractivity contribution in [3.63, 3.8) is 0 Å². The van der Waals surface area contributed by atoms with Crippen molar-refractivity contribution in [3.05, 3.63) is 35.9 Å². The van der Waals surface area contributed by atoms with Gasteiger partial charge in [0.15, 0.2) is 0 Å². The van der Waals surface area contributed by atoms with Crippen molar-refractivity contribution in [2.75, 3.05) is 7.05 Å². The van der Waals surface area contributed by atoms with Gasteiger partial charge in [0.25, 0.3) is 5.91 Å². The Bertz CT molecular complexity index is 384. The van der Waals surface area contributed by atoms with Crippen molar-refractivity contribution in [1.29, 1.82) is 0 Å². The van der Waals surface area contributed by atoms with E-state index in [2.05, 4.69) is 5.10 Å². The molecule has 2 rings (SSSR count). The number of likely N-dealkylation sites (N-methyl/N-ethyl adjacent to an activating group) is 1. The number of benzene rings is 1. The van der Waals surface area contributed by atoms with E-state index in [1.54, 1.807) is 7.05 Å². The highest BCUT2D eigenvalue weighted by atomic mass is 16.2. The summed E-state index contributed by atoms with van der Waals surface area (Å²) in [6.45, 7) is 1.89. The number of hydrogen-bond acceptors (Lipinski definition) is 2. The van der Waals surface area contributed by atoms with Gasteiger partial charge in [-0.2, -0.15) is 5.10 Å². The van der Waals surface area contributed by atoms with E-state index in [1.165, 1.54) is 5.01 Å². The Morgan fingerprint density at radius 3 is 2.43 bits per heavy atom. The van der Waals surface area contributed by atoms with Crippen LogP contribution in [0.4, 0.5) is 0 Å². The summed E-state index contributed by atoms with van der Waals surface area (Å²) in [5.41, 5.74) is 1.88. The van der Waals surface area contributed by atoms with Gasteiger partial charge in [-0.15, -0.1) is 0 Å². The molecular formula is C11H12N2O. The zero-order valence-electron chi connectivity index (χ0n) is 8.27. The van der Waals surface area contributed by atoms with Crippen LogP contribution in [-0.4, -0.2) is 23.7 Å². The molecule has 0 saturated heterocycles. The molecule has 0 radical (unpaired) electrons. The lowest BCUT2D eigenvalue weighted by atomic mass is 9.95. The average molecular weight is 188 g/mol. The lowest BCUT2D eigenvalue weighted by Gasteiger charge is -2.09. The summed E-state index contributed by atoms with van der Waals surface area (Å²) in [5.74, 6) is -0.130. The first-order chi connectivity index (χ1) is 6.70. The fourth-order valence-electron chi connectivity index (χ4n) is 1.74. The number of nitrogens with zero attached hydrogens (tertiary/aromatic N) is 2. The van der Waals surface area contributed by atoms with Crippen LogP contribution in [0, 0.1) is 0 Å². The van der Waals surface area contributed by atoms with E-state index in [-0.39, 0.29) is 11.8 Å². The van der Waals surface area contributed by atoms with Crippen molar-refractivity contribution < 1.29 is 4.79 Å². The van der Waals surface area contributed by atoms with Crippen LogP contribution in [0.3, 0.4) is 0 Å². The molecule has 1 atom stereocenters. The molecule has 0 aliphatic carbocycles. The topological polar surface area (TPSA) is 32.7 Å². The zero-order chi connectivity index (χ0) is 10.1. The van der Waals surface area contributed by atoms with Crippen LogP contribution in [-0.2, 0) is 4.79 Å². The second-order valence-corrected chi connectivity index (χ2v) is 3.45. The Morgan fingerprint density at radius 2 is 1.93 bits per heavy atom. The van der Waals surface area contributed by atoms with Crippen LogP contribution < -0.4 is 0 Å². The minimum atomic E-state index is -0.179. The second-order valence-electron chi connectivity index (χ2n) is 3.45.